The van der Waals surface area contributed by atoms with Crippen molar-refractivity contribution >= 4 is 29.3 Å². The summed E-state index contributed by atoms with van der Waals surface area (Å²) in [6, 6.07) is 24.1. The molecule has 0 heterocycles. The standard InChI is InChI=1S/C18H15N2O3P/c21-20(22)16-10-7-13-18(14-16)24(23,17-11-5-2-6-12-17)19-15-8-3-1-4-9-15/h1-14H,(H,19,23). The van der Waals surface area contributed by atoms with Crippen molar-refractivity contribution < 1.29 is 9.49 Å². The second-order valence-electron chi connectivity index (χ2n) is 5.20. The third-order valence-corrected chi connectivity index (χ3v) is 6.19. The van der Waals surface area contributed by atoms with E-state index in [0.717, 1.165) is 0 Å². The first-order valence-corrected chi connectivity index (χ1v) is 9.04. The fourth-order valence-corrected chi connectivity index (χ4v) is 4.68. The van der Waals surface area contributed by atoms with E-state index in [4.69, 9.17) is 0 Å². The van der Waals surface area contributed by atoms with Gasteiger partial charge in [-0.2, -0.15) is 0 Å². The number of nitro benzene ring substituents is 1. The Morgan fingerprint density at radius 1 is 0.792 bits per heavy atom. The van der Waals surface area contributed by atoms with Gasteiger partial charge < -0.3 is 5.09 Å². The summed E-state index contributed by atoms with van der Waals surface area (Å²) in [4.78, 5) is 10.6. The van der Waals surface area contributed by atoms with Crippen LogP contribution in [0.25, 0.3) is 0 Å². The van der Waals surface area contributed by atoms with E-state index >= 15 is 0 Å². The molecule has 3 rings (SSSR count). The highest BCUT2D eigenvalue weighted by molar-refractivity contribution is 7.80. The second-order valence-corrected chi connectivity index (χ2v) is 7.67. The number of non-ortho nitro benzene ring substituents is 1. The van der Waals surface area contributed by atoms with Gasteiger partial charge in [-0.25, -0.2) is 0 Å². The van der Waals surface area contributed by atoms with Gasteiger partial charge in [0.15, 0.2) is 0 Å². The van der Waals surface area contributed by atoms with Crippen molar-refractivity contribution in [3.05, 3.63) is 95.0 Å². The zero-order chi connectivity index (χ0) is 17.0. The van der Waals surface area contributed by atoms with Crippen LogP contribution in [0.5, 0.6) is 0 Å². The van der Waals surface area contributed by atoms with Crippen molar-refractivity contribution in [2.75, 3.05) is 5.09 Å². The minimum absolute atomic E-state index is 0.0847. The number of rotatable bonds is 5. The van der Waals surface area contributed by atoms with Crippen molar-refractivity contribution in [2.45, 2.75) is 0 Å². The Morgan fingerprint density at radius 2 is 1.38 bits per heavy atom. The molecule has 0 fully saturated rings. The highest BCUT2D eigenvalue weighted by atomic mass is 31.2. The van der Waals surface area contributed by atoms with Crippen LogP contribution in [0.4, 0.5) is 11.4 Å². The molecule has 1 unspecified atom stereocenters. The van der Waals surface area contributed by atoms with Crippen LogP contribution in [-0.4, -0.2) is 4.92 Å². The number of nitro groups is 1. The van der Waals surface area contributed by atoms with E-state index in [1.807, 2.05) is 36.4 Å². The number of benzene rings is 3. The van der Waals surface area contributed by atoms with Crippen LogP contribution in [0, 0.1) is 10.1 Å². The molecule has 0 bridgehead atoms. The van der Waals surface area contributed by atoms with Crippen LogP contribution >= 0.6 is 7.29 Å². The Kier molecular flexibility index (Phi) is 4.45. The predicted octanol–water partition coefficient (Wildman–Crippen LogP) is 3.94. The Morgan fingerprint density at radius 3 is 2.00 bits per heavy atom. The summed E-state index contributed by atoms with van der Waals surface area (Å²) in [6.45, 7) is 0. The van der Waals surface area contributed by atoms with Crippen molar-refractivity contribution in [3.8, 4) is 0 Å². The van der Waals surface area contributed by atoms with E-state index < -0.39 is 12.2 Å². The summed E-state index contributed by atoms with van der Waals surface area (Å²) in [5.74, 6) is 0. The monoisotopic (exact) mass is 338 g/mol. The average molecular weight is 338 g/mol. The molecule has 1 atom stereocenters. The second kappa shape index (κ2) is 6.69. The number of nitrogens with zero attached hydrogens (tertiary/aromatic N) is 1. The number of para-hydroxylation sites is 1. The smallest absolute Gasteiger partial charge is 0.270 e. The first kappa shape index (κ1) is 16.0. The molecular formula is C18H15N2O3P. The molecule has 5 nitrogen and oxygen atoms in total. The molecule has 0 aliphatic rings. The van der Waals surface area contributed by atoms with Crippen LogP contribution in [0.2, 0.25) is 0 Å². The summed E-state index contributed by atoms with van der Waals surface area (Å²) < 4.78 is 13.8. The first-order valence-electron chi connectivity index (χ1n) is 7.33. The Balaban J connectivity index is 2.14. The summed E-state index contributed by atoms with van der Waals surface area (Å²) in [7, 11) is -3.27. The maximum Gasteiger partial charge on any atom is 0.270 e. The minimum Gasteiger partial charge on any atom is -0.329 e. The van der Waals surface area contributed by atoms with Gasteiger partial charge in [0.2, 0.25) is 7.29 Å². The molecule has 1 N–H and O–H groups in total. The van der Waals surface area contributed by atoms with Crippen molar-refractivity contribution in [3.63, 3.8) is 0 Å². The van der Waals surface area contributed by atoms with E-state index in [9.17, 15) is 14.7 Å². The summed E-state index contributed by atoms with van der Waals surface area (Å²) in [5, 5.41) is 15.1. The Bertz CT molecular complexity index is 898. The molecule has 24 heavy (non-hydrogen) atoms. The molecule has 0 amide bonds. The molecule has 0 aliphatic carbocycles. The molecular weight excluding hydrogens is 323 g/mol. The molecule has 0 saturated carbocycles. The molecule has 120 valence electrons. The number of nitrogens with one attached hydrogen (secondary N) is 1. The third kappa shape index (κ3) is 3.21. The highest BCUT2D eigenvalue weighted by Crippen LogP contribution is 2.43. The summed E-state index contributed by atoms with van der Waals surface area (Å²) in [5.41, 5.74) is 0.606. The van der Waals surface area contributed by atoms with Gasteiger partial charge >= 0.3 is 0 Å². The molecule has 0 saturated heterocycles. The SMILES string of the molecule is O=[N+]([O-])c1cccc(P(=O)(Nc2ccccc2)c2ccccc2)c1. The number of hydrogen-bond acceptors (Lipinski definition) is 3. The van der Waals surface area contributed by atoms with E-state index in [2.05, 4.69) is 5.09 Å². The molecule has 0 spiro atoms. The molecule has 3 aromatic rings. The Hall–Kier alpha value is -2.91. The molecule has 0 aromatic heterocycles. The largest absolute Gasteiger partial charge is 0.329 e. The van der Waals surface area contributed by atoms with Gasteiger partial charge in [0, 0.05) is 28.4 Å². The van der Waals surface area contributed by atoms with Crippen LogP contribution in [0.3, 0.4) is 0 Å². The van der Waals surface area contributed by atoms with Gasteiger partial charge in [-0.3, -0.25) is 14.7 Å². The van der Waals surface area contributed by atoms with Crippen LogP contribution in [0.15, 0.2) is 84.9 Å². The average Bonchev–Trinajstić information content (AvgIpc) is 2.63. The zero-order valence-corrected chi connectivity index (χ0v) is 13.6. The van der Waals surface area contributed by atoms with Gasteiger partial charge in [0.05, 0.1) is 4.92 Å². The number of anilines is 1. The van der Waals surface area contributed by atoms with E-state index in [-0.39, 0.29) is 5.69 Å². The van der Waals surface area contributed by atoms with Crippen LogP contribution < -0.4 is 15.7 Å². The van der Waals surface area contributed by atoms with Gasteiger partial charge in [0.1, 0.15) is 0 Å². The third-order valence-electron chi connectivity index (χ3n) is 3.58. The number of hydrogen-bond donors (Lipinski definition) is 1. The fourth-order valence-electron chi connectivity index (χ4n) is 2.41. The zero-order valence-electron chi connectivity index (χ0n) is 12.7. The lowest BCUT2D eigenvalue weighted by molar-refractivity contribution is -0.384. The quantitative estimate of drug-likeness (QED) is 0.434. The lowest BCUT2D eigenvalue weighted by Crippen LogP contribution is -2.22. The summed E-state index contributed by atoms with van der Waals surface area (Å²) >= 11 is 0. The van der Waals surface area contributed by atoms with Gasteiger partial charge in [-0.15, -0.1) is 0 Å². The maximum absolute atomic E-state index is 13.8. The van der Waals surface area contributed by atoms with E-state index in [0.29, 0.717) is 16.3 Å². The lowest BCUT2D eigenvalue weighted by Gasteiger charge is -2.21. The molecule has 3 aromatic carbocycles. The van der Waals surface area contributed by atoms with Crippen LogP contribution in [-0.2, 0) is 4.57 Å². The Labute approximate surface area is 139 Å². The lowest BCUT2D eigenvalue weighted by atomic mass is 10.3. The topological polar surface area (TPSA) is 72.2 Å². The summed E-state index contributed by atoms with van der Waals surface area (Å²) in [6.07, 6.45) is 0. The van der Waals surface area contributed by atoms with E-state index in [1.54, 1.807) is 36.4 Å². The van der Waals surface area contributed by atoms with Crippen molar-refractivity contribution in [1.82, 2.24) is 0 Å². The first-order chi connectivity index (χ1) is 11.6. The highest BCUT2D eigenvalue weighted by Gasteiger charge is 2.28. The van der Waals surface area contributed by atoms with E-state index in [1.165, 1.54) is 12.1 Å². The fraction of sp³-hybridized carbons (Fsp3) is 0. The predicted molar refractivity (Wildman–Crippen MR) is 96.5 cm³/mol. The molecule has 0 aliphatic heterocycles. The van der Waals surface area contributed by atoms with Gasteiger partial charge in [-0.1, -0.05) is 42.5 Å². The normalized spacial score (nSPS) is 13.0. The van der Waals surface area contributed by atoms with Gasteiger partial charge in [-0.05, 0) is 30.3 Å². The van der Waals surface area contributed by atoms with Crippen molar-refractivity contribution in [2.24, 2.45) is 0 Å². The minimum atomic E-state index is -3.27. The van der Waals surface area contributed by atoms with Crippen molar-refractivity contribution in [1.29, 1.82) is 0 Å². The van der Waals surface area contributed by atoms with Gasteiger partial charge in [0.25, 0.3) is 5.69 Å². The molecule has 6 heteroatoms. The maximum atomic E-state index is 13.8. The molecule has 0 radical (unpaired) electrons. The van der Waals surface area contributed by atoms with Crippen LogP contribution in [0.1, 0.15) is 0 Å².